The van der Waals surface area contributed by atoms with Crippen molar-refractivity contribution in [2.75, 3.05) is 5.73 Å². The second-order valence-corrected chi connectivity index (χ2v) is 3.75. The molecule has 0 saturated carbocycles. The van der Waals surface area contributed by atoms with Gasteiger partial charge in [0.05, 0.1) is 5.69 Å². The minimum absolute atomic E-state index is 0.0474. The summed E-state index contributed by atoms with van der Waals surface area (Å²) in [5, 5.41) is 0. The van der Waals surface area contributed by atoms with E-state index in [1.807, 2.05) is 44.2 Å². The molecule has 0 aliphatic carbocycles. The van der Waals surface area contributed by atoms with E-state index >= 15 is 0 Å². The number of pyridine rings is 2. The molecule has 0 spiro atoms. The van der Waals surface area contributed by atoms with Crippen LogP contribution in [0.2, 0.25) is 0 Å². The van der Waals surface area contributed by atoms with Crippen LogP contribution in [0.5, 0.6) is 0 Å². The smallest absolute Gasteiger partial charge is 0.123 e. The predicted molar refractivity (Wildman–Crippen MR) is 70.2 cm³/mol. The van der Waals surface area contributed by atoms with Crippen molar-refractivity contribution in [3.63, 3.8) is 0 Å². The molecule has 2 aromatic rings. The molecule has 2 aromatic heterocycles. The van der Waals surface area contributed by atoms with Gasteiger partial charge in [0.25, 0.3) is 0 Å². The summed E-state index contributed by atoms with van der Waals surface area (Å²) >= 11 is 0. The maximum absolute atomic E-state index is 5.55. The number of anilines is 1. The first-order valence-electron chi connectivity index (χ1n) is 5.45. The van der Waals surface area contributed by atoms with Gasteiger partial charge in [-0.15, -0.1) is 0 Å². The first-order valence-corrected chi connectivity index (χ1v) is 5.45. The lowest BCUT2D eigenvalue weighted by molar-refractivity contribution is 0.781. The van der Waals surface area contributed by atoms with Crippen LogP contribution < -0.4 is 11.5 Å². The van der Waals surface area contributed by atoms with Crippen LogP contribution in [0, 0.1) is 6.92 Å². The average molecular weight is 230 g/mol. The molecule has 0 bridgehead atoms. The number of aryl methyl sites for hydroxylation is 1. The van der Waals surface area contributed by atoms with E-state index in [-0.39, 0.29) is 6.04 Å². The molecule has 2 rings (SSSR count). The summed E-state index contributed by atoms with van der Waals surface area (Å²) in [5.41, 5.74) is 12.8. The molecule has 2 heterocycles. The highest BCUT2D eigenvalue weighted by Gasteiger charge is 1.95. The molecule has 0 amide bonds. The first-order chi connectivity index (χ1) is 8.09. The van der Waals surface area contributed by atoms with Crippen molar-refractivity contribution in [1.82, 2.24) is 9.97 Å². The molecule has 0 fully saturated rings. The van der Waals surface area contributed by atoms with E-state index < -0.39 is 0 Å². The summed E-state index contributed by atoms with van der Waals surface area (Å²) in [7, 11) is 0. The van der Waals surface area contributed by atoms with E-state index in [0.29, 0.717) is 5.82 Å². The number of rotatable bonds is 1. The summed E-state index contributed by atoms with van der Waals surface area (Å²) in [5.74, 6) is 0.588. The van der Waals surface area contributed by atoms with Crippen LogP contribution in [0.3, 0.4) is 0 Å². The molecule has 17 heavy (non-hydrogen) atoms. The largest absolute Gasteiger partial charge is 0.384 e. The fourth-order valence-electron chi connectivity index (χ4n) is 1.21. The van der Waals surface area contributed by atoms with Gasteiger partial charge in [-0.05, 0) is 38.1 Å². The Morgan fingerprint density at radius 1 is 1.12 bits per heavy atom. The monoisotopic (exact) mass is 230 g/mol. The zero-order valence-corrected chi connectivity index (χ0v) is 10.2. The number of aromatic nitrogens is 2. The number of nitrogens with two attached hydrogens (primary N) is 2. The van der Waals surface area contributed by atoms with Crippen LogP contribution in [0.25, 0.3) is 0 Å². The fraction of sp³-hybridized carbons (Fsp3) is 0.231. The van der Waals surface area contributed by atoms with Gasteiger partial charge in [0, 0.05) is 17.9 Å². The van der Waals surface area contributed by atoms with Crippen molar-refractivity contribution in [1.29, 1.82) is 0 Å². The van der Waals surface area contributed by atoms with E-state index in [9.17, 15) is 0 Å². The third kappa shape index (κ3) is 5.08. The third-order valence-corrected chi connectivity index (χ3v) is 2.06. The lowest BCUT2D eigenvalue weighted by atomic mass is 10.2. The minimum atomic E-state index is 0.0474. The summed E-state index contributed by atoms with van der Waals surface area (Å²) in [6.45, 7) is 3.83. The van der Waals surface area contributed by atoms with Gasteiger partial charge >= 0.3 is 0 Å². The normalized spacial score (nSPS) is 11.2. The highest BCUT2D eigenvalue weighted by Crippen LogP contribution is 2.02. The summed E-state index contributed by atoms with van der Waals surface area (Å²) in [4.78, 5) is 8.00. The Kier molecular flexibility index (Phi) is 5.10. The maximum atomic E-state index is 5.55. The Morgan fingerprint density at radius 3 is 2.24 bits per heavy atom. The zero-order chi connectivity index (χ0) is 12.7. The van der Waals surface area contributed by atoms with Gasteiger partial charge in [-0.2, -0.15) is 0 Å². The number of hydrogen-bond acceptors (Lipinski definition) is 4. The van der Waals surface area contributed by atoms with Crippen LogP contribution in [-0.4, -0.2) is 9.97 Å². The molecule has 4 nitrogen and oxygen atoms in total. The molecule has 0 saturated heterocycles. The summed E-state index contributed by atoms with van der Waals surface area (Å²) < 4.78 is 0. The van der Waals surface area contributed by atoms with Crippen molar-refractivity contribution < 1.29 is 0 Å². The number of hydrogen-bond donors (Lipinski definition) is 2. The van der Waals surface area contributed by atoms with Gasteiger partial charge in [-0.3, -0.25) is 4.98 Å². The Hall–Kier alpha value is -1.94. The number of nitrogen functional groups attached to an aromatic ring is 1. The van der Waals surface area contributed by atoms with Crippen molar-refractivity contribution in [3.8, 4) is 0 Å². The maximum Gasteiger partial charge on any atom is 0.123 e. The van der Waals surface area contributed by atoms with Gasteiger partial charge in [-0.25, -0.2) is 4.98 Å². The minimum Gasteiger partial charge on any atom is -0.384 e. The van der Waals surface area contributed by atoms with E-state index in [4.69, 9.17) is 11.5 Å². The first kappa shape index (κ1) is 13.1. The molecule has 0 aliphatic rings. The third-order valence-electron chi connectivity index (χ3n) is 2.06. The summed E-state index contributed by atoms with van der Waals surface area (Å²) in [6.07, 6.45) is 1.75. The Morgan fingerprint density at radius 2 is 1.88 bits per heavy atom. The molecule has 0 radical (unpaired) electrons. The Labute approximate surface area is 102 Å². The lowest BCUT2D eigenvalue weighted by Crippen LogP contribution is -2.06. The van der Waals surface area contributed by atoms with E-state index in [1.165, 1.54) is 0 Å². The Balaban J connectivity index is 0.000000171. The van der Waals surface area contributed by atoms with E-state index in [0.717, 1.165) is 11.4 Å². The molecule has 90 valence electrons. The van der Waals surface area contributed by atoms with Crippen LogP contribution in [0.1, 0.15) is 24.4 Å². The number of nitrogens with zero attached hydrogens (tertiary/aromatic N) is 2. The molecule has 4 heteroatoms. The van der Waals surface area contributed by atoms with Gasteiger partial charge in [0.15, 0.2) is 0 Å². The predicted octanol–water partition coefficient (Wildman–Crippen LogP) is 2.07. The fourth-order valence-corrected chi connectivity index (χ4v) is 1.21. The van der Waals surface area contributed by atoms with Gasteiger partial charge in [0.1, 0.15) is 5.82 Å². The van der Waals surface area contributed by atoms with Crippen molar-refractivity contribution in [3.05, 3.63) is 54.0 Å². The van der Waals surface area contributed by atoms with Crippen molar-refractivity contribution >= 4 is 5.82 Å². The van der Waals surface area contributed by atoms with E-state index in [2.05, 4.69) is 9.97 Å². The molecule has 1 atom stereocenters. The average Bonchev–Trinajstić information content (AvgIpc) is 2.30. The highest BCUT2D eigenvalue weighted by atomic mass is 14.8. The Bertz CT molecular complexity index is 423. The van der Waals surface area contributed by atoms with Crippen LogP contribution in [0.4, 0.5) is 5.82 Å². The molecular weight excluding hydrogens is 212 g/mol. The second kappa shape index (κ2) is 6.60. The molecule has 0 aromatic carbocycles. The second-order valence-electron chi connectivity index (χ2n) is 3.75. The summed E-state index contributed by atoms with van der Waals surface area (Å²) in [6, 6.07) is 11.4. The topological polar surface area (TPSA) is 77.8 Å². The molecule has 1 unspecified atom stereocenters. The SMILES string of the molecule is CC(N)c1ccccn1.Cc1cccc(N)n1. The van der Waals surface area contributed by atoms with Crippen LogP contribution >= 0.6 is 0 Å². The standard InChI is InChI=1S/C7H10N2.C6H8N2/c1-6(8)7-4-2-3-5-9-7;1-5-3-2-4-6(7)8-5/h2-6H,8H2,1H3;2-4H,1H3,(H2,7,8). The van der Waals surface area contributed by atoms with Crippen LogP contribution in [0.15, 0.2) is 42.6 Å². The van der Waals surface area contributed by atoms with Gasteiger partial charge in [-0.1, -0.05) is 12.1 Å². The van der Waals surface area contributed by atoms with E-state index in [1.54, 1.807) is 12.3 Å². The quantitative estimate of drug-likeness (QED) is 0.786. The van der Waals surface area contributed by atoms with Crippen molar-refractivity contribution in [2.45, 2.75) is 19.9 Å². The molecule has 4 N–H and O–H groups in total. The van der Waals surface area contributed by atoms with Crippen molar-refractivity contribution in [2.24, 2.45) is 5.73 Å². The van der Waals surface area contributed by atoms with Crippen LogP contribution in [-0.2, 0) is 0 Å². The van der Waals surface area contributed by atoms with Gasteiger partial charge < -0.3 is 11.5 Å². The zero-order valence-electron chi connectivity index (χ0n) is 10.2. The highest BCUT2D eigenvalue weighted by molar-refractivity contribution is 5.28. The van der Waals surface area contributed by atoms with Gasteiger partial charge in [0.2, 0.25) is 0 Å². The molecular formula is C13H18N4. The lowest BCUT2D eigenvalue weighted by Gasteiger charge is -2.00. The molecule has 0 aliphatic heterocycles.